The molecule has 21 heavy (non-hydrogen) atoms. The Morgan fingerprint density at radius 3 is 2.67 bits per heavy atom. The number of nitrogens with one attached hydrogen (secondary N) is 1. The second-order valence-corrected chi connectivity index (χ2v) is 5.09. The van der Waals surface area contributed by atoms with E-state index in [0.717, 1.165) is 10.1 Å². The van der Waals surface area contributed by atoms with E-state index in [2.05, 4.69) is 25.9 Å². The number of aromatic amines is 1. The Balaban J connectivity index is 2.44. The van der Waals surface area contributed by atoms with Crippen LogP contribution in [0.4, 0.5) is 0 Å². The third kappa shape index (κ3) is 3.69. The van der Waals surface area contributed by atoms with E-state index in [9.17, 15) is 14.7 Å². The van der Waals surface area contributed by atoms with Gasteiger partial charge in [-0.05, 0) is 5.56 Å². The van der Waals surface area contributed by atoms with Crippen LogP contribution in [-0.4, -0.2) is 32.7 Å². The molecule has 2 aromatic rings. The minimum absolute atomic E-state index is 0.0218. The van der Waals surface area contributed by atoms with E-state index in [4.69, 9.17) is 0 Å². The van der Waals surface area contributed by atoms with Crippen molar-refractivity contribution in [2.45, 2.75) is 6.54 Å². The lowest BCUT2D eigenvalue weighted by atomic mass is 10.2. The average molecular weight is 352 g/mol. The molecule has 110 valence electrons. The van der Waals surface area contributed by atoms with E-state index in [1.165, 1.54) is 6.21 Å². The van der Waals surface area contributed by atoms with E-state index in [1.54, 1.807) is 0 Å². The monoisotopic (exact) mass is 351 g/mol. The van der Waals surface area contributed by atoms with Crippen LogP contribution in [0.3, 0.4) is 0 Å². The molecule has 1 heterocycles. The van der Waals surface area contributed by atoms with Crippen LogP contribution in [-0.2, 0) is 6.54 Å². The summed E-state index contributed by atoms with van der Waals surface area (Å²) in [7, 11) is 0. The predicted molar refractivity (Wildman–Crippen MR) is 84.8 cm³/mol. The first-order valence-corrected chi connectivity index (χ1v) is 7.41. The predicted octanol–water partition coefficient (Wildman–Crippen LogP) is 1.10. The summed E-state index contributed by atoms with van der Waals surface area (Å²) in [6.45, 7) is 0.637. The number of alkyl halides is 1. The Kier molecular flexibility index (Phi) is 5.10. The molecule has 1 aromatic heterocycles. The third-order valence-corrected chi connectivity index (χ3v) is 3.18. The largest absolute Gasteiger partial charge is 0.494 e. The molecule has 0 atom stereocenters. The fourth-order valence-electron chi connectivity index (χ4n) is 1.81. The molecule has 0 unspecified atom stereocenters. The van der Waals surface area contributed by atoms with Crippen LogP contribution in [0.15, 0.2) is 44.9 Å². The number of nitrogens with zero attached hydrogens (tertiary/aromatic N) is 2. The van der Waals surface area contributed by atoms with Crippen molar-refractivity contribution < 1.29 is 5.11 Å². The Labute approximate surface area is 128 Å². The fourth-order valence-corrected chi connectivity index (χ4v) is 2.01. The van der Waals surface area contributed by atoms with E-state index < -0.39 is 11.2 Å². The first-order valence-electron chi connectivity index (χ1n) is 6.29. The van der Waals surface area contributed by atoms with Gasteiger partial charge in [0.05, 0.1) is 6.54 Å². The molecule has 0 aliphatic heterocycles. The summed E-state index contributed by atoms with van der Waals surface area (Å²) in [4.78, 5) is 29.7. The maximum atomic E-state index is 11.8. The third-order valence-electron chi connectivity index (χ3n) is 2.82. The number of rotatable bonds is 5. The van der Waals surface area contributed by atoms with Crippen molar-refractivity contribution in [2.24, 2.45) is 4.99 Å². The maximum Gasteiger partial charge on any atom is 0.331 e. The molecule has 6 nitrogen and oxygen atoms in total. The van der Waals surface area contributed by atoms with Gasteiger partial charge in [-0.1, -0.05) is 46.3 Å². The minimum Gasteiger partial charge on any atom is -0.494 e. The smallest absolute Gasteiger partial charge is 0.331 e. The van der Waals surface area contributed by atoms with Crippen molar-refractivity contribution >= 4 is 22.1 Å². The second-order valence-electron chi connectivity index (χ2n) is 4.29. The minimum atomic E-state index is -0.654. The highest BCUT2D eigenvalue weighted by Crippen LogP contribution is 2.10. The Hall–Kier alpha value is -2.15. The topological polar surface area (TPSA) is 87.5 Å². The maximum absolute atomic E-state index is 11.8. The molecule has 7 heteroatoms. The molecule has 1 aromatic carbocycles. The van der Waals surface area contributed by atoms with Crippen LogP contribution < -0.4 is 11.2 Å². The zero-order chi connectivity index (χ0) is 15.2. The molecule has 0 saturated carbocycles. The summed E-state index contributed by atoms with van der Waals surface area (Å²) >= 11 is 3.21. The molecule has 0 radical (unpaired) electrons. The normalized spacial score (nSPS) is 11.1. The summed E-state index contributed by atoms with van der Waals surface area (Å²) in [5, 5.41) is 10.8. The van der Waals surface area contributed by atoms with Crippen molar-refractivity contribution in [2.75, 3.05) is 11.9 Å². The van der Waals surface area contributed by atoms with Gasteiger partial charge in [0.2, 0.25) is 5.88 Å². The number of hydrogen-bond acceptors (Lipinski definition) is 4. The number of aromatic hydroxyl groups is 1. The van der Waals surface area contributed by atoms with Crippen molar-refractivity contribution in [1.29, 1.82) is 0 Å². The van der Waals surface area contributed by atoms with E-state index in [0.29, 0.717) is 11.9 Å². The summed E-state index contributed by atoms with van der Waals surface area (Å²) in [5.74, 6) is -0.383. The van der Waals surface area contributed by atoms with Crippen molar-refractivity contribution in [3.8, 4) is 5.88 Å². The molecule has 2 N–H and O–H groups in total. The lowest BCUT2D eigenvalue weighted by molar-refractivity contribution is 0.408. The lowest BCUT2D eigenvalue weighted by Gasteiger charge is -2.09. The Morgan fingerprint density at radius 2 is 2.00 bits per heavy atom. The fraction of sp³-hybridized carbons (Fsp3) is 0.214. The van der Waals surface area contributed by atoms with Gasteiger partial charge in [0.25, 0.3) is 5.56 Å². The van der Waals surface area contributed by atoms with Crippen LogP contribution in [0.2, 0.25) is 0 Å². The SMILES string of the molecule is O=c1[nH]c(=O)n(Cc2ccccc2)c(O)c1C=NCCBr. The number of aliphatic imine (C=N–C) groups is 1. The highest BCUT2D eigenvalue weighted by molar-refractivity contribution is 9.09. The molecule has 0 spiro atoms. The standard InChI is InChI=1S/C14H14BrN3O3/c15-6-7-16-8-11-12(19)17-14(21)18(13(11)20)9-10-4-2-1-3-5-10/h1-5,8,20H,6-7,9H2,(H,17,19,21). The highest BCUT2D eigenvalue weighted by atomic mass is 79.9. The van der Waals surface area contributed by atoms with Crippen molar-refractivity contribution in [3.63, 3.8) is 0 Å². The number of H-pyrrole nitrogens is 1. The van der Waals surface area contributed by atoms with Crippen molar-refractivity contribution in [3.05, 3.63) is 62.3 Å². The summed E-state index contributed by atoms with van der Waals surface area (Å²) < 4.78 is 1.10. The van der Waals surface area contributed by atoms with Crippen LogP contribution in [0.5, 0.6) is 5.88 Å². The van der Waals surface area contributed by atoms with Gasteiger partial charge in [0.1, 0.15) is 5.56 Å². The van der Waals surface area contributed by atoms with Crippen LogP contribution in [0.1, 0.15) is 11.1 Å². The second kappa shape index (κ2) is 7.03. The molecular weight excluding hydrogens is 338 g/mol. The van der Waals surface area contributed by atoms with Gasteiger partial charge in [0.15, 0.2) is 0 Å². The van der Waals surface area contributed by atoms with E-state index in [-0.39, 0.29) is 18.0 Å². The molecule has 0 amide bonds. The molecule has 0 saturated heterocycles. The zero-order valence-electron chi connectivity index (χ0n) is 11.1. The molecular formula is C14H14BrN3O3. The molecule has 0 fully saturated rings. The molecule has 0 bridgehead atoms. The van der Waals surface area contributed by atoms with Crippen LogP contribution in [0, 0.1) is 0 Å². The van der Waals surface area contributed by atoms with Crippen molar-refractivity contribution in [1.82, 2.24) is 9.55 Å². The van der Waals surface area contributed by atoms with Gasteiger partial charge in [0, 0.05) is 18.1 Å². The van der Waals surface area contributed by atoms with Gasteiger partial charge in [-0.2, -0.15) is 0 Å². The zero-order valence-corrected chi connectivity index (χ0v) is 12.7. The number of aromatic nitrogens is 2. The molecule has 0 aliphatic rings. The average Bonchev–Trinajstić information content (AvgIpc) is 2.48. The van der Waals surface area contributed by atoms with E-state index in [1.807, 2.05) is 30.3 Å². The molecule has 2 rings (SSSR count). The Bertz CT molecular complexity index is 750. The Morgan fingerprint density at radius 1 is 1.29 bits per heavy atom. The summed E-state index contributed by atoms with van der Waals surface area (Å²) in [6.07, 6.45) is 1.27. The van der Waals surface area contributed by atoms with Crippen LogP contribution >= 0.6 is 15.9 Å². The van der Waals surface area contributed by atoms with Gasteiger partial charge in [-0.15, -0.1) is 0 Å². The summed E-state index contributed by atoms with van der Waals surface area (Å²) in [5.41, 5.74) is -0.490. The molecule has 0 aliphatic carbocycles. The highest BCUT2D eigenvalue weighted by Gasteiger charge is 2.12. The van der Waals surface area contributed by atoms with Gasteiger partial charge in [-0.25, -0.2) is 4.79 Å². The number of halogens is 1. The van der Waals surface area contributed by atoms with Gasteiger partial charge >= 0.3 is 5.69 Å². The first-order chi connectivity index (χ1) is 10.1. The number of hydrogen-bond donors (Lipinski definition) is 2. The van der Waals surface area contributed by atoms with Gasteiger partial charge in [-0.3, -0.25) is 19.3 Å². The lowest BCUT2D eigenvalue weighted by Crippen LogP contribution is -2.32. The summed E-state index contributed by atoms with van der Waals surface area (Å²) in [6, 6.07) is 9.19. The first kappa shape index (κ1) is 15.2. The number of benzene rings is 1. The van der Waals surface area contributed by atoms with E-state index >= 15 is 0 Å². The van der Waals surface area contributed by atoms with Crippen LogP contribution in [0.25, 0.3) is 0 Å². The van der Waals surface area contributed by atoms with Gasteiger partial charge < -0.3 is 5.11 Å². The quantitative estimate of drug-likeness (QED) is 0.624.